The zero-order valence-corrected chi connectivity index (χ0v) is 16.7. The van der Waals surface area contributed by atoms with E-state index in [-0.39, 0.29) is 11.9 Å². The highest BCUT2D eigenvalue weighted by atomic mass is 35.5. The molecule has 0 saturated carbocycles. The van der Waals surface area contributed by atoms with E-state index in [1.165, 1.54) is 0 Å². The molecule has 0 saturated heterocycles. The summed E-state index contributed by atoms with van der Waals surface area (Å²) < 4.78 is 11.5. The van der Waals surface area contributed by atoms with E-state index in [4.69, 9.17) is 21.1 Å². The van der Waals surface area contributed by atoms with E-state index >= 15 is 0 Å². The number of carbonyl (C=O) groups is 1. The standard InChI is InChI=1S/C21H26ClNO3/c1-13-8-6-7-9-19(13)25-12-16(4)23-21(24)17(5)26-18-10-14(2)20(22)15(3)11-18/h6-11,16-17H,12H2,1-5H3,(H,23,24). The van der Waals surface area contributed by atoms with E-state index in [2.05, 4.69) is 5.32 Å². The number of carbonyl (C=O) groups excluding carboxylic acids is 1. The summed E-state index contributed by atoms with van der Waals surface area (Å²) in [7, 11) is 0. The Kier molecular flexibility index (Phi) is 6.92. The first-order valence-electron chi connectivity index (χ1n) is 8.70. The largest absolute Gasteiger partial charge is 0.491 e. The zero-order chi connectivity index (χ0) is 19.3. The number of hydrogen-bond donors (Lipinski definition) is 1. The predicted molar refractivity (Wildman–Crippen MR) is 105 cm³/mol. The third-order valence-electron chi connectivity index (χ3n) is 4.06. The highest BCUT2D eigenvalue weighted by Gasteiger charge is 2.18. The lowest BCUT2D eigenvalue weighted by Gasteiger charge is -2.20. The molecule has 2 atom stereocenters. The fourth-order valence-electron chi connectivity index (χ4n) is 2.57. The normalized spacial score (nSPS) is 13.0. The van der Waals surface area contributed by atoms with Crippen molar-refractivity contribution in [2.45, 2.75) is 46.8 Å². The monoisotopic (exact) mass is 375 g/mol. The number of halogens is 1. The Balaban J connectivity index is 1.87. The number of amides is 1. The fourth-order valence-corrected chi connectivity index (χ4v) is 2.68. The van der Waals surface area contributed by atoms with Gasteiger partial charge in [-0.05, 0) is 69.5 Å². The maximum absolute atomic E-state index is 12.4. The summed E-state index contributed by atoms with van der Waals surface area (Å²) in [5, 5.41) is 3.63. The Bertz CT molecular complexity index is 753. The second kappa shape index (κ2) is 8.95. The van der Waals surface area contributed by atoms with Crippen LogP contribution in [0.15, 0.2) is 36.4 Å². The molecule has 0 bridgehead atoms. The van der Waals surface area contributed by atoms with Gasteiger partial charge < -0.3 is 14.8 Å². The number of ether oxygens (including phenoxy) is 2. The van der Waals surface area contributed by atoms with Crippen LogP contribution in [0.4, 0.5) is 0 Å². The summed E-state index contributed by atoms with van der Waals surface area (Å²) in [4.78, 5) is 12.4. The Morgan fingerprint density at radius 1 is 1.08 bits per heavy atom. The second-order valence-electron chi connectivity index (χ2n) is 6.62. The minimum Gasteiger partial charge on any atom is -0.491 e. The van der Waals surface area contributed by atoms with Crippen LogP contribution in [0.5, 0.6) is 11.5 Å². The van der Waals surface area contributed by atoms with Crippen LogP contribution in [0.1, 0.15) is 30.5 Å². The number of aryl methyl sites for hydroxylation is 3. The molecule has 2 aromatic carbocycles. The van der Waals surface area contributed by atoms with Gasteiger partial charge in [0, 0.05) is 5.02 Å². The van der Waals surface area contributed by atoms with Gasteiger partial charge in [-0.25, -0.2) is 0 Å². The zero-order valence-electron chi connectivity index (χ0n) is 15.9. The molecule has 1 amide bonds. The van der Waals surface area contributed by atoms with Crippen LogP contribution in [0.25, 0.3) is 0 Å². The number of nitrogens with one attached hydrogen (secondary N) is 1. The molecule has 5 heteroatoms. The molecular formula is C21H26ClNO3. The molecule has 0 radical (unpaired) electrons. The molecule has 2 rings (SSSR count). The number of rotatable bonds is 7. The van der Waals surface area contributed by atoms with Gasteiger partial charge in [0.05, 0.1) is 6.04 Å². The van der Waals surface area contributed by atoms with E-state index in [0.29, 0.717) is 12.4 Å². The molecule has 0 aliphatic heterocycles. The van der Waals surface area contributed by atoms with Crippen molar-refractivity contribution in [3.8, 4) is 11.5 Å². The third kappa shape index (κ3) is 5.40. The average Bonchev–Trinajstić information content (AvgIpc) is 2.58. The molecule has 2 unspecified atom stereocenters. The topological polar surface area (TPSA) is 47.6 Å². The number of para-hydroxylation sites is 1. The first-order chi connectivity index (χ1) is 12.3. The molecule has 0 aliphatic carbocycles. The summed E-state index contributed by atoms with van der Waals surface area (Å²) >= 11 is 6.17. The van der Waals surface area contributed by atoms with Crippen molar-refractivity contribution in [1.82, 2.24) is 5.32 Å². The quantitative estimate of drug-likeness (QED) is 0.768. The van der Waals surface area contributed by atoms with Crippen molar-refractivity contribution in [3.05, 3.63) is 58.1 Å². The molecule has 4 nitrogen and oxygen atoms in total. The van der Waals surface area contributed by atoms with Crippen LogP contribution in [0.3, 0.4) is 0 Å². The molecule has 0 spiro atoms. The maximum atomic E-state index is 12.4. The molecule has 140 valence electrons. The van der Waals surface area contributed by atoms with E-state index in [1.807, 2.05) is 64.1 Å². The van der Waals surface area contributed by atoms with E-state index in [0.717, 1.165) is 27.5 Å². The van der Waals surface area contributed by atoms with Crippen LogP contribution in [0.2, 0.25) is 5.02 Å². The smallest absolute Gasteiger partial charge is 0.261 e. The van der Waals surface area contributed by atoms with Gasteiger partial charge >= 0.3 is 0 Å². The van der Waals surface area contributed by atoms with Gasteiger partial charge in [0.2, 0.25) is 0 Å². The molecule has 0 heterocycles. The molecule has 0 aliphatic rings. The third-order valence-corrected chi connectivity index (χ3v) is 4.66. The summed E-state index contributed by atoms with van der Waals surface area (Å²) in [5.74, 6) is 1.28. The summed E-state index contributed by atoms with van der Waals surface area (Å²) in [6.45, 7) is 9.84. The highest BCUT2D eigenvalue weighted by molar-refractivity contribution is 6.32. The van der Waals surface area contributed by atoms with Crippen LogP contribution < -0.4 is 14.8 Å². The van der Waals surface area contributed by atoms with Crippen molar-refractivity contribution >= 4 is 17.5 Å². The summed E-state index contributed by atoms with van der Waals surface area (Å²) in [6, 6.07) is 11.3. The van der Waals surface area contributed by atoms with Gasteiger partial charge in [-0.15, -0.1) is 0 Å². The van der Waals surface area contributed by atoms with Gasteiger partial charge in [0.15, 0.2) is 6.10 Å². The Morgan fingerprint density at radius 3 is 2.31 bits per heavy atom. The molecular weight excluding hydrogens is 350 g/mol. The molecule has 0 fully saturated rings. The Labute approximate surface area is 160 Å². The minimum atomic E-state index is -0.615. The van der Waals surface area contributed by atoms with Gasteiger partial charge in [0.25, 0.3) is 5.91 Å². The molecule has 26 heavy (non-hydrogen) atoms. The highest BCUT2D eigenvalue weighted by Crippen LogP contribution is 2.26. The first kappa shape index (κ1) is 20.1. The fraction of sp³-hybridized carbons (Fsp3) is 0.381. The summed E-state index contributed by atoms with van der Waals surface area (Å²) in [6.07, 6.45) is -0.615. The van der Waals surface area contributed by atoms with Crippen molar-refractivity contribution in [2.24, 2.45) is 0 Å². The predicted octanol–water partition coefficient (Wildman–Crippen LogP) is 4.62. The lowest BCUT2D eigenvalue weighted by Crippen LogP contribution is -2.43. The van der Waals surface area contributed by atoms with Crippen LogP contribution in [0, 0.1) is 20.8 Å². The Hall–Kier alpha value is -2.20. The summed E-state index contributed by atoms with van der Waals surface area (Å²) in [5.41, 5.74) is 2.92. The second-order valence-corrected chi connectivity index (χ2v) is 7.00. The van der Waals surface area contributed by atoms with Crippen LogP contribution >= 0.6 is 11.6 Å². The SMILES string of the molecule is Cc1ccccc1OCC(C)NC(=O)C(C)Oc1cc(C)c(Cl)c(C)c1. The van der Waals surface area contributed by atoms with Crippen molar-refractivity contribution in [3.63, 3.8) is 0 Å². The molecule has 2 aromatic rings. The minimum absolute atomic E-state index is 0.137. The van der Waals surface area contributed by atoms with Gasteiger partial charge in [-0.1, -0.05) is 29.8 Å². The van der Waals surface area contributed by atoms with E-state index in [1.54, 1.807) is 6.92 Å². The van der Waals surface area contributed by atoms with Crippen molar-refractivity contribution in [2.75, 3.05) is 6.61 Å². The van der Waals surface area contributed by atoms with E-state index < -0.39 is 6.10 Å². The van der Waals surface area contributed by atoms with E-state index in [9.17, 15) is 4.79 Å². The lowest BCUT2D eigenvalue weighted by atomic mass is 10.1. The first-order valence-corrected chi connectivity index (χ1v) is 9.08. The van der Waals surface area contributed by atoms with Gasteiger partial charge in [-0.3, -0.25) is 4.79 Å². The van der Waals surface area contributed by atoms with Gasteiger partial charge in [-0.2, -0.15) is 0 Å². The van der Waals surface area contributed by atoms with Crippen molar-refractivity contribution in [1.29, 1.82) is 0 Å². The molecule has 1 N–H and O–H groups in total. The lowest BCUT2D eigenvalue weighted by molar-refractivity contribution is -0.128. The van der Waals surface area contributed by atoms with Crippen molar-refractivity contribution < 1.29 is 14.3 Å². The van der Waals surface area contributed by atoms with Gasteiger partial charge in [0.1, 0.15) is 18.1 Å². The average molecular weight is 376 g/mol. The maximum Gasteiger partial charge on any atom is 0.261 e. The van der Waals surface area contributed by atoms with Crippen LogP contribution in [-0.2, 0) is 4.79 Å². The number of benzene rings is 2. The number of hydrogen-bond acceptors (Lipinski definition) is 3. The Morgan fingerprint density at radius 2 is 1.69 bits per heavy atom. The molecule has 0 aromatic heterocycles. The van der Waals surface area contributed by atoms with Crippen LogP contribution in [-0.4, -0.2) is 24.7 Å².